The summed E-state index contributed by atoms with van der Waals surface area (Å²) in [5.74, 6) is -0.271. The molecule has 0 heterocycles. The van der Waals surface area contributed by atoms with Crippen molar-refractivity contribution < 1.29 is 9.18 Å². The molecule has 0 aliphatic heterocycles. The summed E-state index contributed by atoms with van der Waals surface area (Å²) in [6, 6.07) is 15.6. The summed E-state index contributed by atoms with van der Waals surface area (Å²) in [5, 5.41) is 2.90. The third-order valence-corrected chi connectivity index (χ3v) is 3.67. The number of nitrogens with one attached hydrogen (secondary N) is 1. The second kappa shape index (κ2) is 7.59. The minimum atomic E-state index is -0.271. The van der Waals surface area contributed by atoms with Gasteiger partial charge in [0.2, 0.25) is 0 Å². The molecule has 2 rings (SSSR count). The van der Waals surface area contributed by atoms with E-state index in [0.717, 1.165) is 17.7 Å². The molecule has 0 bridgehead atoms. The Bertz CT molecular complexity index is 598. The van der Waals surface area contributed by atoms with Crippen molar-refractivity contribution in [3.05, 3.63) is 66.0 Å². The molecule has 0 aromatic heterocycles. The van der Waals surface area contributed by atoms with Gasteiger partial charge in [-0.1, -0.05) is 37.3 Å². The Morgan fingerprint density at radius 2 is 1.77 bits per heavy atom. The fraction of sp³-hybridized carbons (Fsp3) is 0.278. The fourth-order valence-corrected chi connectivity index (χ4v) is 2.15. The summed E-state index contributed by atoms with van der Waals surface area (Å²) in [5.41, 5.74) is 1.67. The van der Waals surface area contributed by atoms with Crippen LogP contribution < -0.4 is 5.32 Å². The zero-order chi connectivity index (χ0) is 15.9. The van der Waals surface area contributed by atoms with Gasteiger partial charge in [-0.15, -0.1) is 0 Å². The van der Waals surface area contributed by atoms with Gasteiger partial charge < -0.3 is 10.2 Å². The molecule has 0 fully saturated rings. The third kappa shape index (κ3) is 4.32. The van der Waals surface area contributed by atoms with Crippen LogP contribution in [-0.4, -0.2) is 17.0 Å². The number of rotatable bonds is 5. The molecule has 0 saturated carbocycles. The van der Waals surface area contributed by atoms with Gasteiger partial charge in [-0.25, -0.2) is 9.18 Å². The molecule has 1 atom stereocenters. The standard InChI is InChI=1S/C18H21FN2O/c1-3-14(2)21(13-15-9-11-16(19)12-10-15)18(22)20-17-7-5-4-6-8-17/h4-12,14H,3,13H2,1-2H3,(H,20,22). The van der Waals surface area contributed by atoms with Gasteiger partial charge in [-0.2, -0.15) is 0 Å². The molecule has 22 heavy (non-hydrogen) atoms. The zero-order valence-electron chi connectivity index (χ0n) is 12.9. The molecular formula is C18H21FN2O. The molecule has 116 valence electrons. The van der Waals surface area contributed by atoms with E-state index in [1.54, 1.807) is 17.0 Å². The predicted molar refractivity (Wildman–Crippen MR) is 87.2 cm³/mol. The van der Waals surface area contributed by atoms with E-state index in [1.165, 1.54) is 12.1 Å². The Balaban J connectivity index is 2.11. The van der Waals surface area contributed by atoms with Crippen molar-refractivity contribution >= 4 is 11.7 Å². The molecule has 4 heteroatoms. The molecule has 2 aromatic rings. The Hall–Kier alpha value is -2.36. The Morgan fingerprint density at radius 1 is 1.14 bits per heavy atom. The van der Waals surface area contributed by atoms with Crippen molar-refractivity contribution in [2.75, 3.05) is 5.32 Å². The minimum absolute atomic E-state index is 0.0914. The lowest BCUT2D eigenvalue weighted by molar-refractivity contribution is 0.187. The van der Waals surface area contributed by atoms with Crippen molar-refractivity contribution in [1.29, 1.82) is 0 Å². The molecular weight excluding hydrogens is 279 g/mol. The first-order valence-electron chi connectivity index (χ1n) is 7.47. The van der Waals surface area contributed by atoms with Crippen molar-refractivity contribution in [3.63, 3.8) is 0 Å². The van der Waals surface area contributed by atoms with Crippen LogP contribution in [0.25, 0.3) is 0 Å². The third-order valence-electron chi connectivity index (χ3n) is 3.67. The SMILES string of the molecule is CCC(C)N(Cc1ccc(F)cc1)C(=O)Nc1ccccc1. The molecule has 2 amide bonds. The van der Waals surface area contributed by atoms with Crippen molar-refractivity contribution in [2.24, 2.45) is 0 Å². The summed E-state index contributed by atoms with van der Waals surface area (Å²) >= 11 is 0. The number of carbonyl (C=O) groups excluding carboxylic acids is 1. The Kier molecular flexibility index (Phi) is 5.53. The molecule has 1 unspecified atom stereocenters. The van der Waals surface area contributed by atoms with Crippen LogP contribution in [0.15, 0.2) is 54.6 Å². The van der Waals surface area contributed by atoms with Crippen LogP contribution in [0.3, 0.4) is 0 Å². The number of nitrogens with zero attached hydrogens (tertiary/aromatic N) is 1. The van der Waals surface area contributed by atoms with E-state index in [0.29, 0.717) is 6.54 Å². The van der Waals surface area contributed by atoms with E-state index in [9.17, 15) is 9.18 Å². The average Bonchev–Trinajstić information content (AvgIpc) is 2.54. The first kappa shape index (κ1) is 16.0. The first-order valence-corrected chi connectivity index (χ1v) is 7.47. The van der Waals surface area contributed by atoms with Gasteiger partial charge in [0.25, 0.3) is 0 Å². The molecule has 3 nitrogen and oxygen atoms in total. The number of halogens is 1. The molecule has 0 aliphatic carbocycles. The van der Waals surface area contributed by atoms with Crippen LogP contribution in [0.2, 0.25) is 0 Å². The maximum absolute atomic E-state index is 13.0. The maximum Gasteiger partial charge on any atom is 0.322 e. The van der Waals surface area contributed by atoms with Gasteiger partial charge in [0, 0.05) is 18.3 Å². The minimum Gasteiger partial charge on any atom is -0.318 e. The van der Waals surface area contributed by atoms with E-state index in [2.05, 4.69) is 5.32 Å². The lowest BCUT2D eigenvalue weighted by Crippen LogP contribution is -2.40. The zero-order valence-corrected chi connectivity index (χ0v) is 12.9. The maximum atomic E-state index is 13.0. The molecule has 1 N–H and O–H groups in total. The van der Waals surface area contributed by atoms with Crippen LogP contribution in [0.4, 0.5) is 14.9 Å². The highest BCUT2D eigenvalue weighted by Crippen LogP contribution is 2.14. The topological polar surface area (TPSA) is 32.3 Å². The van der Waals surface area contributed by atoms with E-state index < -0.39 is 0 Å². The number of urea groups is 1. The number of hydrogen-bond donors (Lipinski definition) is 1. The summed E-state index contributed by atoms with van der Waals surface area (Å²) in [6.07, 6.45) is 0.851. The van der Waals surface area contributed by atoms with Crippen molar-refractivity contribution in [1.82, 2.24) is 4.90 Å². The van der Waals surface area contributed by atoms with Crippen LogP contribution >= 0.6 is 0 Å². The fourth-order valence-electron chi connectivity index (χ4n) is 2.15. The number of para-hydroxylation sites is 1. The number of benzene rings is 2. The number of amides is 2. The summed E-state index contributed by atoms with van der Waals surface area (Å²) in [4.78, 5) is 14.3. The number of anilines is 1. The average molecular weight is 300 g/mol. The summed E-state index contributed by atoms with van der Waals surface area (Å²) < 4.78 is 13.0. The highest BCUT2D eigenvalue weighted by atomic mass is 19.1. The van der Waals surface area contributed by atoms with Gasteiger partial charge in [0.05, 0.1) is 0 Å². The molecule has 0 radical (unpaired) electrons. The quantitative estimate of drug-likeness (QED) is 0.856. The van der Waals surface area contributed by atoms with Gasteiger partial charge in [0.15, 0.2) is 0 Å². The first-order chi connectivity index (χ1) is 10.6. The second-order valence-electron chi connectivity index (χ2n) is 5.31. The summed E-state index contributed by atoms with van der Waals surface area (Å²) in [7, 11) is 0. The monoisotopic (exact) mass is 300 g/mol. The van der Waals surface area contributed by atoms with E-state index >= 15 is 0 Å². The normalized spacial score (nSPS) is 11.8. The van der Waals surface area contributed by atoms with Gasteiger partial charge in [-0.3, -0.25) is 0 Å². The van der Waals surface area contributed by atoms with Gasteiger partial charge in [-0.05, 0) is 43.2 Å². The highest BCUT2D eigenvalue weighted by Gasteiger charge is 2.19. The van der Waals surface area contributed by atoms with E-state index in [4.69, 9.17) is 0 Å². The summed E-state index contributed by atoms with van der Waals surface area (Å²) in [6.45, 7) is 4.50. The van der Waals surface area contributed by atoms with E-state index in [-0.39, 0.29) is 17.9 Å². The highest BCUT2D eigenvalue weighted by molar-refractivity contribution is 5.89. The van der Waals surface area contributed by atoms with Crippen LogP contribution in [0.5, 0.6) is 0 Å². The molecule has 0 saturated heterocycles. The molecule has 2 aromatic carbocycles. The largest absolute Gasteiger partial charge is 0.322 e. The lowest BCUT2D eigenvalue weighted by Gasteiger charge is -2.29. The van der Waals surface area contributed by atoms with Crippen LogP contribution in [0, 0.1) is 5.82 Å². The van der Waals surface area contributed by atoms with Gasteiger partial charge >= 0.3 is 6.03 Å². The number of carbonyl (C=O) groups is 1. The second-order valence-corrected chi connectivity index (χ2v) is 5.31. The number of hydrogen-bond acceptors (Lipinski definition) is 1. The van der Waals surface area contributed by atoms with Crippen molar-refractivity contribution in [2.45, 2.75) is 32.9 Å². The van der Waals surface area contributed by atoms with Crippen molar-refractivity contribution in [3.8, 4) is 0 Å². The lowest BCUT2D eigenvalue weighted by atomic mass is 10.1. The Morgan fingerprint density at radius 3 is 2.36 bits per heavy atom. The van der Waals surface area contributed by atoms with Gasteiger partial charge in [0.1, 0.15) is 5.82 Å². The van der Waals surface area contributed by atoms with Crippen LogP contribution in [0.1, 0.15) is 25.8 Å². The Labute approximate surface area is 130 Å². The smallest absolute Gasteiger partial charge is 0.318 e. The molecule has 0 aliphatic rings. The van der Waals surface area contributed by atoms with Crippen LogP contribution in [-0.2, 0) is 6.54 Å². The van der Waals surface area contributed by atoms with E-state index in [1.807, 2.05) is 44.2 Å². The predicted octanol–water partition coefficient (Wildman–Crippen LogP) is 4.66. The molecule has 0 spiro atoms.